The number of hydrogen-bond acceptors (Lipinski definition) is 5. The Hall–Kier alpha value is -2.80. The van der Waals surface area contributed by atoms with Gasteiger partial charge in [-0.1, -0.05) is 6.07 Å². The molecule has 1 aromatic heterocycles. The molecule has 1 aliphatic rings. The van der Waals surface area contributed by atoms with Crippen LogP contribution in [0.15, 0.2) is 42.6 Å². The van der Waals surface area contributed by atoms with E-state index >= 15 is 0 Å². The molecule has 1 aromatic carbocycles. The van der Waals surface area contributed by atoms with Gasteiger partial charge in [-0.2, -0.15) is 0 Å². The highest BCUT2D eigenvalue weighted by atomic mass is 16.5. The fourth-order valence-corrected chi connectivity index (χ4v) is 2.79. The Balaban J connectivity index is 1.52. The highest BCUT2D eigenvalue weighted by Gasteiger charge is 2.13. The van der Waals surface area contributed by atoms with Crippen LogP contribution in [0.5, 0.6) is 5.75 Å². The van der Waals surface area contributed by atoms with E-state index in [1.165, 1.54) is 12.8 Å². The number of nitrogens with one attached hydrogen (secondary N) is 2. The van der Waals surface area contributed by atoms with Gasteiger partial charge in [0.15, 0.2) is 0 Å². The molecule has 138 valence electrons. The number of carbonyl (C=O) groups is 1. The lowest BCUT2D eigenvalue weighted by molar-refractivity contribution is 0.146. The summed E-state index contributed by atoms with van der Waals surface area (Å²) in [4.78, 5) is 18.9. The Morgan fingerprint density at radius 1 is 1.12 bits per heavy atom. The molecular formula is C19H24N4O3. The average Bonchev–Trinajstić information content (AvgIpc) is 3.17. The third-order valence-electron chi connectivity index (χ3n) is 4.08. The minimum atomic E-state index is -0.324. The number of anilines is 3. The summed E-state index contributed by atoms with van der Waals surface area (Å²) in [6.07, 6.45) is 4.09. The number of rotatable bonds is 7. The second-order valence-electron chi connectivity index (χ2n) is 6.05. The van der Waals surface area contributed by atoms with Crippen LogP contribution < -0.4 is 20.3 Å². The van der Waals surface area contributed by atoms with Crippen LogP contribution in [0.2, 0.25) is 0 Å². The second kappa shape index (κ2) is 9.05. The van der Waals surface area contributed by atoms with Crippen LogP contribution >= 0.6 is 0 Å². The highest BCUT2D eigenvalue weighted by molar-refractivity contribution is 5.99. The van der Waals surface area contributed by atoms with E-state index in [1.54, 1.807) is 25.4 Å². The summed E-state index contributed by atoms with van der Waals surface area (Å²) in [5.41, 5.74) is 1.30. The Morgan fingerprint density at radius 3 is 2.65 bits per heavy atom. The van der Waals surface area contributed by atoms with Crippen LogP contribution in [0.1, 0.15) is 12.8 Å². The van der Waals surface area contributed by atoms with Gasteiger partial charge in [0.1, 0.15) is 18.2 Å². The summed E-state index contributed by atoms with van der Waals surface area (Å²) >= 11 is 0. The zero-order valence-corrected chi connectivity index (χ0v) is 14.9. The smallest absolute Gasteiger partial charge is 0.323 e. The largest absolute Gasteiger partial charge is 0.491 e. The average molecular weight is 356 g/mol. The maximum atomic E-state index is 12.2. The molecule has 0 atom stereocenters. The molecule has 1 fully saturated rings. The van der Waals surface area contributed by atoms with Crippen LogP contribution in [0.25, 0.3) is 0 Å². The van der Waals surface area contributed by atoms with Gasteiger partial charge < -0.3 is 25.0 Å². The summed E-state index contributed by atoms with van der Waals surface area (Å²) < 4.78 is 10.5. The van der Waals surface area contributed by atoms with Crippen LogP contribution in [-0.2, 0) is 4.74 Å². The van der Waals surface area contributed by atoms with Gasteiger partial charge in [0.25, 0.3) is 0 Å². The molecule has 1 saturated heterocycles. The van der Waals surface area contributed by atoms with E-state index in [2.05, 4.69) is 20.5 Å². The quantitative estimate of drug-likeness (QED) is 0.744. The van der Waals surface area contributed by atoms with E-state index in [9.17, 15) is 4.79 Å². The molecule has 2 aromatic rings. The lowest BCUT2D eigenvalue weighted by atomic mass is 10.3. The molecule has 1 aliphatic heterocycles. The first-order chi connectivity index (χ1) is 12.7. The molecule has 3 rings (SSSR count). The summed E-state index contributed by atoms with van der Waals surface area (Å²) in [5, 5.41) is 5.58. The lowest BCUT2D eigenvalue weighted by Crippen LogP contribution is -2.21. The maximum absolute atomic E-state index is 12.2. The summed E-state index contributed by atoms with van der Waals surface area (Å²) in [7, 11) is 1.62. The Morgan fingerprint density at radius 2 is 1.92 bits per heavy atom. The van der Waals surface area contributed by atoms with Crippen molar-refractivity contribution >= 4 is 23.2 Å². The van der Waals surface area contributed by atoms with Crippen molar-refractivity contribution in [1.29, 1.82) is 0 Å². The Bertz CT molecular complexity index is 715. The number of hydrogen-bond donors (Lipinski definition) is 2. The first kappa shape index (κ1) is 18.0. The number of pyridine rings is 1. The maximum Gasteiger partial charge on any atom is 0.323 e. The number of ether oxygens (including phenoxy) is 2. The SMILES string of the molecule is COCCOc1cccc(NC(=O)Nc2ccc(N3CCCC3)nc2)c1. The number of amides is 2. The van der Waals surface area contributed by atoms with Crippen molar-refractivity contribution < 1.29 is 14.3 Å². The molecule has 0 bridgehead atoms. The van der Waals surface area contributed by atoms with E-state index < -0.39 is 0 Å². The minimum absolute atomic E-state index is 0.324. The Labute approximate surface area is 153 Å². The predicted octanol–water partition coefficient (Wildman–Crippen LogP) is 3.35. The van der Waals surface area contributed by atoms with Gasteiger partial charge in [0.2, 0.25) is 0 Å². The molecule has 0 spiro atoms. The molecule has 0 unspecified atom stereocenters. The third kappa shape index (κ3) is 5.10. The van der Waals surface area contributed by atoms with Crippen molar-refractivity contribution in [3.05, 3.63) is 42.6 Å². The fourth-order valence-electron chi connectivity index (χ4n) is 2.79. The molecule has 7 heteroatoms. The second-order valence-corrected chi connectivity index (χ2v) is 6.05. The zero-order valence-electron chi connectivity index (χ0n) is 14.9. The van der Waals surface area contributed by atoms with Gasteiger partial charge in [-0.05, 0) is 37.1 Å². The van der Waals surface area contributed by atoms with E-state index in [-0.39, 0.29) is 6.03 Å². The van der Waals surface area contributed by atoms with Gasteiger partial charge in [-0.25, -0.2) is 9.78 Å². The van der Waals surface area contributed by atoms with Crippen molar-refractivity contribution in [3.63, 3.8) is 0 Å². The number of urea groups is 1. The minimum Gasteiger partial charge on any atom is -0.491 e. The standard InChI is InChI=1S/C19H24N4O3/c1-25-11-12-26-17-6-4-5-15(13-17)21-19(24)22-16-7-8-18(20-14-16)23-9-2-3-10-23/h4-8,13-14H,2-3,9-12H2,1H3,(H2,21,22,24). The van der Waals surface area contributed by atoms with Gasteiger partial charge in [0.05, 0.1) is 18.5 Å². The molecule has 2 heterocycles. The van der Waals surface area contributed by atoms with Crippen LogP contribution in [0.4, 0.5) is 22.0 Å². The molecule has 7 nitrogen and oxygen atoms in total. The number of nitrogens with zero attached hydrogens (tertiary/aromatic N) is 2. The van der Waals surface area contributed by atoms with Crippen molar-refractivity contribution in [2.75, 3.05) is 48.9 Å². The van der Waals surface area contributed by atoms with Crippen LogP contribution in [0.3, 0.4) is 0 Å². The molecule has 0 aliphatic carbocycles. The van der Waals surface area contributed by atoms with E-state index in [1.807, 2.05) is 24.3 Å². The summed E-state index contributed by atoms with van der Waals surface area (Å²) in [6.45, 7) is 3.06. The normalized spacial score (nSPS) is 13.5. The van der Waals surface area contributed by atoms with Gasteiger partial charge in [-0.15, -0.1) is 0 Å². The summed E-state index contributed by atoms with van der Waals surface area (Å²) in [5.74, 6) is 1.63. The molecular weight excluding hydrogens is 332 g/mol. The Kier molecular flexibility index (Phi) is 6.27. The van der Waals surface area contributed by atoms with Crippen molar-refractivity contribution in [2.45, 2.75) is 12.8 Å². The first-order valence-corrected chi connectivity index (χ1v) is 8.75. The van der Waals surface area contributed by atoms with Crippen molar-refractivity contribution in [1.82, 2.24) is 4.98 Å². The monoisotopic (exact) mass is 356 g/mol. The van der Waals surface area contributed by atoms with E-state index in [0.717, 1.165) is 18.9 Å². The third-order valence-corrected chi connectivity index (χ3v) is 4.08. The number of methoxy groups -OCH3 is 1. The molecule has 0 radical (unpaired) electrons. The first-order valence-electron chi connectivity index (χ1n) is 8.75. The van der Waals surface area contributed by atoms with E-state index in [4.69, 9.17) is 9.47 Å². The van der Waals surface area contributed by atoms with Gasteiger partial charge in [0, 0.05) is 32.0 Å². The number of benzene rings is 1. The summed E-state index contributed by atoms with van der Waals surface area (Å²) in [6, 6.07) is 10.7. The molecule has 0 saturated carbocycles. The topological polar surface area (TPSA) is 75.7 Å². The van der Waals surface area contributed by atoms with Crippen LogP contribution in [-0.4, -0.2) is 44.4 Å². The van der Waals surface area contributed by atoms with Gasteiger partial charge >= 0.3 is 6.03 Å². The fraction of sp³-hybridized carbons (Fsp3) is 0.368. The predicted molar refractivity (Wildman–Crippen MR) is 102 cm³/mol. The van der Waals surface area contributed by atoms with E-state index in [0.29, 0.717) is 30.3 Å². The molecule has 26 heavy (non-hydrogen) atoms. The van der Waals surface area contributed by atoms with Crippen molar-refractivity contribution in [2.24, 2.45) is 0 Å². The molecule has 2 N–H and O–H groups in total. The highest BCUT2D eigenvalue weighted by Crippen LogP contribution is 2.20. The molecule has 2 amide bonds. The van der Waals surface area contributed by atoms with Gasteiger partial charge in [-0.3, -0.25) is 0 Å². The lowest BCUT2D eigenvalue weighted by Gasteiger charge is -2.16. The van der Waals surface area contributed by atoms with Crippen molar-refractivity contribution in [3.8, 4) is 5.75 Å². The zero-order chi connectivity index (χ0) is 18.2. The number of carbonyl (C=O) groups excluding carboxylic acids is 1. The van der Waals surface area contributed by atoms with Crippen LogP contribution in [0, 0.1) is 0 Å². The number of aromatic nitrogens is 1.